The molecule has 39 heavy (non-hydrogen) atoms. The Bertz CT molecular complexity index is 1440. The van der Waals surface area contributed by atoms with E-state index in [0.717, 1.165) is 6.07 Å². The molecule has 0 radical (unpaired) electrons. The first kappa shape index (κ1) is 29.1. The number of amides is 2. The van der Waals surface area contributed by atoms with Crippen molar-refractivity contribution in [2.75, 3.05) is 52.0 Å². The topological polar surface area (TPSA) is 111 Å². The van der Waals surface area contributed by atoms with Crippen molar-refractivity contribution in [3.05, 3.63) is 81.8 Å². The van der Waals surface area contributed by atoms with Crippen molar-refractivity contribution < 1.29 is 18.7 Å². The normalized spacial score (nSPS) is 10.5. The van der Waals surface area contributed by atoms with Crippen LogP contribution in [-0.4, -0.2) is 73.8 Å². The molecular formula is C28H28ClFN6O3. The standard InChI is InChI=1S/C28H28ClFN6O3/c1-6-17-13-21(28(38)33-24-10-8-19(29)16-32-24)25(23(14-17)39-5)34-27(37)20-9-7-18(15-22(20)30)26(31)36(4)12-11-35(2)3/h1,7-10,13-16,31H,11-12H2,2-5H3,(H,34,37)(H,32,33,38). The molecule has 0 aliphatic carbocycles. The molecule has 0 atom stereocenters. The van der Waals surface area contributed by atoms with Gasteiger partial charge in [-0.1, -0.05) is 23.6 Å². The molecule has 0 saturated carbocycles. The van der Waals surface area contributed by atoms with Gasteiger partial charge < -0.3 is 25.2 Å². The molecule has 3 aromatic rings. The van der Waals surface area contributed by atoms with E-state index in [2.05, 4.69) is 21.5 Å². The van der Waals surface area contributed by atoms with Crippen molar-refractivity contribution >= 4 is 40.8 Å². The first-order valence-corrected chi connectivity index (χ1v) is 12.1. The molecule has 0 spiro atoms. The number of anilines is 2. The van der Waals surface area contributed by atoms with E-state index in [9.17, 15) is 9.59 Å². The first-order chi connectivity index (χ1) is 18.5. The van der Waals surface area contributed by atoms with Crippen molar-refractivity contribution in [1.82, 2.24) is 14.8 Å². The summed E-state index contributed by atoms with van der Waals surface area (Å²) in [5.41, 5.74) is 0.334. The number of amidine groups is 1. The Morgan fingerprint density at radius 1 is 1.08 bits per heavy atom. The average molecular weight is 551 g/mol. The van der Waals surface area contributed by atoms with Crippen LogP contribution in [0.3, 0.4) is 0 Å². The zero-order valence-electron chi connectivity index (χ0n) is 21.9. The number of terminal acetylenes is 1. The quantitative estimate of drug-likeness (QED) is 0.209. The Hall–Kier alpha value is -4.46. The number of pyridine rings is 1. The predicted octanol–water partition coefficient (Wildman–Crippen LogP) is 4.19. The monoisotopic (exact) mass is 550 g/mol. The van der Waals surface area contributed by atoms with Crippen LogP contribution in [0.15, 0.2) is 48.7 Å². The van der Waals surface area contributed by atoms with Gasteiger partial charge in [0.1, 0.15) is 23.2 Å². The minimum Gasteiger partial charge on any atom is -0.495 e. The van der Waals surface area contributed by atoms with Crippen LogP contribution in [0.25, 0.3) is 0 Å². The summed E-state index contributed by atoms with van der Waals surface area (Å²) in [6.07, 6.45) is 6.91. The predicted molar refractivity (Wildman–Crippen MR) is 150 cm³/mol. The number of nitrogens with one attached hydrogen (secondary N) is 3. The lowest BCUT2D eigenvalue weighted by Crippen LogP contribution is -2.33. The first-order valence-electron chi connectivity index (χ1n) is 11.7. The molecule has 0 fully saturated rings. The van der Waals surface area contributed by atoms with Crippen molar-refractivity contribution in [3.8, 4) is 18.1 Å². The van der Waals surface area contributed by atoms with Crippen molar-refractivity contribution in [3.63, 3.8) is 0 Å². The molecular weight excluding hydrogens is 523 g/mol. The van der Waals surface area contributed by atoms with Gasteiger partial charge in [0.25, 0.3) is 11.8 Å². The molecule has 3 rings (SSSR count). The number of hydrogen-bond acceptors (Lipinski definition) is 6. The third-order valence-electron chi connectivity index (χ3n) is 5.69. The highest BCUT2D eigenvalue weighted by Gasteiger charge is 2.22. The second-order valence-electron chi connectivity index (χ2n) is 8.78. The van der Waals surface area contributed by atoms with E-state index in [1.807, 2.05) is 19.0 Å². The van der Waals surface area contributed by atoms with Gasteiger partial charge in [-0.15, -0.1) is 6.42 Å². The van der Waals surface area contributed by atoms with Crippen LogP contribution in [0, 0.1) is 23.6 Å². The van der Waals surface area contributed by atoms with Crippen molar-refractivity contribution in [1.29, 1.82) is 5.41 Å². The Morgan fingerprint density at radius 3 is 2.38 bits per heavy atom. The number of rotatable bonds is 9. The van der Waals surface area contributed by atoms with E-state index in [4.69, 9.17) is 28.2 Å². The van der Waals surface area contributed by atoms with Crippen LogP contribution in [0.1, 0.15) is 31.8 Å². The largest absolute Gasteiger partial charge is 0.495 e. The van der Waals surface area contributed by atoms with Crippen LogP contribution in [0.5, 0.6) is 5.75 Å². The van der Waals surface area contributed by atoms with Gasteiger partial charge in [0, 0.05) is 37.5 Å². The summed E-state index contributed by atoms with van der Waals surface area (Å²) in [4.78, 5) is 34.0. The molecule has 2 aromatic carbocycles. The lowest BCUT2D eigenvalue weighted by molar-refractivity contribution is 0.102. The molecule has 11 heteroatoms. The Kier molecular flexibility index (Phi) is 9.60. The minimum absolute atomic E-state index is 0.00685. The number of carbonyl (C=O) groups is 2. The van der Waals surface area contributed by atoms with Crippen molar-refractivity contribution in [2.24, 2.45) is 0 Å². The van der Waals surface area contributed by atoms with Gasteiger partial charge >= 0.3 is 0 Å². The van der Waals surface area contributed by atoms with Crippen LogP contribution >= 0.6 is 11.6 Å². The molecule has 0 aliphatic rings. The number of ether oxygens (including phenoxy) is 1. The summed E-state index contributed by atoms with van der Waals surface area (Å²) in [7, 11) is 6.93. The van der Waals surface area contributed by atoms with E-state index in [1.54, 1.807) is 18.0 Å². The average Bonchev–Trinajstić information content (AvgIpc) is 2.92. The molecule has 0 saturated heterocycles. The highest BCUT2D eigenvalue weighted by molar-refractivity contribution is 6.30. The van der Waals surface area contributed by atoms with Gasteiger partial charge in [-0.3, -0.25) is 15.0 Å². The second kappa shape index (κ2) is 12.9. The van der Waals surface area contributed by atoms with Crippen molar-refractivity contribution in [2.45, 2.75) is 0 Å². The highest BCUT2D eigenvalue weighted by atomic mass is 35.5. The molecule has 202 valence electrons. The molecule has 1 aromatic heterocycles. The molecule has 3 N–H and O–H groups in total. The zero-order chi connectivity index (χ0) is 28.7. The van der Waals surface area contributed by atoms with Gasteiger partial charge in [0.05, 0.1) is 28.9 Å². The van der Waals surface area contributed by atoms with Crippen LogP contribution in [0.2, 0.25) is 5.02 Å². The fraction of sp³-hybridized carbons (Fsp3) is 0.214. The van der Waals surface area contributed by atoms with Crippen LogP contribution in [0.4, 0.5) is 15.9 Å². The number of aromatic nitrogens is 1. The number of likely N-dealkylation sites (N-methyl/N-ethyl adjacent to an activating group) is 2. The number of carbonyl (C=O) groups excluding carboxylic acids is 2. The summed E-state index contributed by atoms with van der Waals surface area (Å²) < 4.78 is 20.5. The zero-order valence-corrected chi connectivity index (χ0v) is 22.7. The van der Waals surface area contributed by atoms with E-state index < -0.39 is 17.6 Å². The van der Waals surface area contributed by atoms with E-state index >= 15 is 4.39 Å². The maximum atomic E-state index is 15.1. The number of nitrogens with zero attached hydrogens (tertiary/aromatic N) is 3. The van der Waals surface area contributed by atoms with Crippen LogP contribution < -0.4 is 15.4 Å². The van der Waals surface area contributed by atoms with Gasteiger partial charge in [-0.05, 0) is 50.5 Å². The van der Waals surface area contributed by atoms with Gasteiger partial charge in [0.15, 0.2) is 0 Å². The number of benzene rings is 2. The second-order valence-corrected chi connectivity index (χ2v) is 9.22. The number of methoxy groups -OCH3 is 1. The van der Waals surface area contributed by atoms with E-state index in [-0.39, 0.29) is 34.2 Å². The highest BCUT2D eigenvalue weighted by Crippen LogP contribution is 2.32. The summed E-state index contributed by atoms with van der Waals surface area (Å²) in [5.74, 6) is 0.585. The number of hydrogen-bond donors (Lipinski definition) is 3. The fourth-order valence-corrected chi connectivity index (χ4v) is 3.62. The summed E-state index contributed by atoms with van der Waals surface area (Å²) >= 11 is 5.86. The van der Waals surface area contributed by atoms with Gasteiger partial charge in [-0.25, -0.2) is 9.37 Å². The third kappa shape index (κ3) is 7.31. The van der Waals surface area contributed by atoms with Crippen LogP contribution in [-0.2, 0) is 0 Å². The third-order valence-corrected chi connectivity index (χ3v) is 5.92. The van der Waals surface area contributed by atoms with E-state index in [1.165, 1.54) is 43.6 Å². The summed E-state index contributed by atoms with van der Waals surface area (Å²) in [6, 6.07) is 9.83. The summed E-state index contributed by atoms with van der Waals surface area (Å²) in [6.45, 7) is 1.28. The fourth-order valence-electron chi connectivity index (χ4n) is 3.51. The molecule has 9 nitrogen and oxygen atoms in total. The smallest absolute Gasteiger partial charge is 0.259 e. The number of halogens is 2. The molecule has 0 aliphatic heterocycles. The molecule has 2 amide bonds. The summed E-state index contributed by atoms with van der Waals surface area (Å²) in [5, 5.41) is 13.9. The Morgan fingerprint density at radius 2 is 1.79 bits per heavy atom. The lowest BCUT2D eigenvalue weighted by atomic mass is 10.0. The maximum Gasteiger partial charge on any atom is 0.259 e. The van der Waals surface area contributed by atoms with Gasteiger partial charge in [-0.2, -0.15) is 0 Å². The Balaban J connectivity index is 1.90. The van der Waals surface area contributed by atoms with Gasteiger partial charge in [0.2, 0.25) is 0 Å². The Labute approximate surface area is 231 Å². The van der Waals surface area contributed by atoms with E-state index in [0.29, 0.717) is 29.2 Å². The molecule has 0 unspecified atom stereocenters. The SMILES string of the molecule is C#Cc1cc(OC)c(NC(=O)c2ccc(C(=N)N(C)CCN(C)C)cc2F)c(C(=O)Nc2ccc(Cl)cn2)c1. The maximum absolute atomic E-state index is 15.1. The molecule has 0 bridgehead atoms. The minimum atomic E-state index is -0.827. The lowest BCUT2D eigenvalue weighted by Gasteiger charge is -2.22. The molecule has 1 heterocycles.